The van der Waals surface area contributed by atoms with Gasteiger partial charge in [0.15, 0.2) is 0 Å². The van der Waals surface area contributed by atoms with Crippen LogP contribution in [0.25, 0.3) is 0 Å². The van der Waals surface area contributed by atoms with Gasteiger partial charge in [0.25, 0.3) is 5.91 Å². The summed E-state index contributed by atoms with van der Waals surface area (Å²) in [5, 5.41) is 10.2. The normalized spacial score (nSPS) is 15.5. The lowest BCUT2D eigenvalue weighted by Gasteiger charge is -2.24. The predicted octanol–water partition coefficient (Wildman–Crippen LogP) is 3.88. The molecular formula is C22H31N5O2. The first-order valence-corrected chi connectivity index (χ1v) is 10.5. The zero-order chi connectivity index (χ0) is 20.8. The third-order valence-corrected chi connectivity index (χ3v) is 5.34. The molecule has 0 bridgehead atoms. The first kappa shape index (κ1) is 20.9. The summed E-state index contributed by atoms with van der Waals surface area (Å²) >= 11 is 0. The number of carbonyl (C=O) groups excluding carboxylic acids is 2. The summed E-state index contributed by atoms with van der Waals surface area (Å²) in [6, 6.07) is 6.83. The van der Waals surface area contributed by atoms with Crippen molar-refractivity contribution in [2.75, 3.05) is 18.4 Å². The molecule has 1 aliphatic rings. The minimum absolute atomic E-state index is 0.0232. The average Bonchev–Trinajstić information content (AvgIpc) is 3.10. The van der Waals surface area contributed by atoms with Crippen molar-refractivity contribution in [3.05, 3.63) is 47.3 Å². The fourth-order valence-electron chi connectivity index (χ4n) is 3.91. The number of aryl methyl sites for hydroxylation is 1. The topological polar surface area (TPSA) is 79.3 Å². The van der Waals surface area contributed by atoms with Gasteiger partial charge in [-0.1, -0.05) is 13.8 Å². The molecule has 0 saturated carbocycles. The van der Waals surface area contributed by atoms with Crippen LogP contribution in [0.4, 0.5) is 10.5 Å². The van der Waals surface area contributed by atoms with Crippen molar-refractivity contribution in [2.45, 2.75) is 52.0 Å². The highest BCUT2D eigenvalue weighted by molar-refractivity contribution is 5.95. The van der Waals surface area contributed by atoms with Crippen LogP contribution in [0.1, 0.15) is 67.2 Å². The van der Waals surface area contributed by atoms with Gasteiger partial charge in [-0.25, -0.2) is 4.79 Å². The quantitative estimate of drug-likeness (QED) is 0.744. The second kappa shape index (κ2) is 9.58. The van der Waals surface area contributed by atoms with E-state index in [1.165, 1.54) is 5.69 Å². The van der Waals surface area contributed by atoms with Crippen LogP contribution in [0, 0.1) is 0 Å². The van der Waals surface area contributed by atoms with E-state index in [-0.39, 0.29) is 18.0 Å². The Balaban J connectivity index is 1.60. The summed E-state index contributed by atoms with van der Waals surface area (Å²) in [4.78, 5) is 27.0. The Morgan fingerprint density at radius 2 is 1.86 bits per heavy atom. The monoisotopic (exact) mass is 397 g/mol. The number of hydrogen-bond acceptors (Lipinski definition) is 3. The lowest BCUT2D eigenvalue weighted by Crippen LogP contribution is -2.34. The second-order valence-corrected chi connectivity index (χ2v) is 7.58. The molecule has 1 aliphatic carbocycles. The number of anilines is 1. The Hall–Kier alpha value is -2.83. The van der Waals surface area contributed by atoms with Gasteiger partial charge in [-0.2, -0.15) is 5.10 Å². The van der Waals surface area contributed by atoms with Crippen LogP contribution in [-0.4, -0.2) is 39.7 Å². The number of carbonyl (C=O) groups is 2. The van der Waals surface area contributed by atoms with E-state index in [4.69, 9.17) is 0 Å². The summed E-state index contributed by atoms with van der Waals surface area (Å²) in [7, 11) is 1.94. The van der Waals surface area contributed by atoms with Gasteiger partial charge in [0.05, 0.1) is 12.2 Å². The Bertz CT molecular complexity index is 837. The lowest BCUT2D eigenvalue weighted by molar-refractivity contribution is 0.0755. The highest BCUT2D eigenvalue weighted by Gasteiger charge is 2.24. The van der Waals surface area contributed by atoms with Crippen LogP contribution in [0.5, 0.6) is 0 Å². The van der Waals surface area contributed by atoms with Gasteiger partial charge in [0.1, 0.15) is 0 Å². The fraction of sp³-hybridized carbons (Fsp3) is 0.500. The maximum Gasteiger partial charge on any atom is 0.319 e. The molecule has 1 aromatic carbocycles. The molecule has 3 amide bonds. The summed E-state index contributed by atoms with van der Waals surface area (Å²) in [5.74, 6) is 0.0380. The van der Waals surface area contributed by atoms with Crippen molar-refractivity contribution in [1.29, 1.82) is 0 Å². The molecular weight excluding hydrogens is 366 g/mol. The number of hydrogen-bond donors (Lipinski definition) is 2. The largest absolute Gasteiger partial charge is 0.339 e. The molecule has 7 heteroatoms. The molecule has 1 aromatic heterocycles. The van der Waals surface area contributed by atoms with Crippen molar-refractivity contribution in [2.24, 2.45) is 7.05 Å². The van der Waals surface area contributed by atoms with E-state index < -0.39 is 0 Å². The summed E-state index contributed by atoms with van der Waals surface area (Å²) < 4.78 is 1.89. The highest BCUT2D eigenvalue weighted by atomic mass is 16.2. The average molecular weight is 398 g/mol. The standard InChI is InChI=1S/C22H31N5O2/c1-4-13-27(14-5-2)21(28)16-9-11-17(12-10-16)24-22(29)25-19-7-6-8-20-18(19)15-23-26(20)3/h9-12,15,19H,4-8,13-14H2,1-3H3,(H2,24,25,29). The number of benzene rings is 1. The van der Waals surface area contributed by atoms with E-state index in [1.54, 1.807) is 24.3 Å². The molecule has 0 radical (unpaired) electrons. The number of fused-ring (bicyclic) bond motifs is 1. The molecule has 0 aliphatic heterocycles. The molecule has 1 unspecified atom stereocenters. The van der Waals surface area contributed by atoms with E-state index in [0.29, 0.717) is 11.3 Å². The molecule has 0 saturated heterocycles. The van der Waals surface area contributed by atoms with Gasteiger partial charge in [0, 0.05) is 42.6 Å². The molecule has 2 N–H and O–H groups in total. The number of rotatable bonds is 7. The lowest BCUT2D eigenvalue weighted by atomic mass is 9.93. The molecule has 0 fully saturated rings. The van der Waals surface area contributed by atoms with Gasteiger partial charge >= 0.3 is 6.03 Å². The van der Waals surface area contributed by atoms with Crippen LogP contribution in [0.3, 0.4) is 0 Å². The van der Waals surface area contributed by atoms with Crippen LogP contribution in [0.15, 0.2) is 30.5 Å². The Morgan fingerprint density at radius 3 is 2.52 bits per heavy atom. The SMILES string of the molecule is CCCN(CCC)C(=O)c1ccc(NC(=O)NC2CCCc3c2cnn3C)cc1. The van der Waals surface area contributed by atoms with E-state index in [0.717, 1.165) is 50.8 Å². The molecule has 29 heavy (non-hydrogen) atoms. The van der Waals surface area contributed by atoms with E-state index in [9.17, 15) is 9.59 Å². The zero-order valence-corrected chi connectivity index (χ0v) is 17.6. The summed E-state index contributed by atoms with van der Waals surface area (Å²) in [5.41, 5.74) is 3.60. The zero-order valence-electron chi connectivity index (χ0n) is 17.6. The van der Waals surface area contributed by atoms with Crippen LogP contribution in [-0.2, 0) is 13.5 Å². The highest BCUT2D eigenvalue weighted by Crippen LogP contribution is 2.29. The van der Waals surface area contributed by atoms with Crippen LogP contribution < -0.4 is 10.6 Å². The van der Waals surface area contributed by atoms with Gasteiger partial charge in [-0.3, -0.25) is 9.48 Å². The van der Waals surface area contributed by atoms with E-state index in [2.05, 4.69) is 29.6 Å². The first-order valence-electron chi connectivity index (χ1n) is 10.5. The minimum atomic E-state index is -0.246. The maximum absolute atomic E-state index is 12.7. The number of amides is 3. The van der Waals surface area contributed by atoms with Crippen molar-refractivity contribution in [1.82, 2.24) is 20.0 Å². The third-order valence-electron chi connectivity index (χ3n) is 5.34. The molecule has 156 valence electrons. The fourth-order valence-corrected chi connectivity index (χ4v) is 3.91. The molecule has 1 atom stereocenters. The summed E-state index contributed by atoms with van der Waals surface area (Å²) in [6.45, 7) is 5.66. The number of urea groups is 1. The Kier molecular flexibility index (Phi) is 6.90. The molecule has 3 rings (SSSR count). The Morgan fingerprint density at radius 1 is 1.17 bits per heavy atom. The maximum atomic E-state index is 12.7. The minimum Gasteiger partial charge on any atom is -0.339 e. The van der Waals surface area contributed by atoms with Gasteiger partial charge in [0.2, 0.25) is 0 Å². The molecule has 1 heterocycles. The first-order chi connectivity index (χ1) is 14.0. The van der Waals surface area contributed by atoms with Gasteiger partial charge in [-0.15, -0.1) is 0 Å². The predicted molar refractivity (Wildman–Crippen MR) is 114 cm³/mol. The summed E-state index contributed by atoms with van der Waals surface area (Å²) in [6.07, 6.45) is 6.65. The van der Waals surface area contributed by atoms with Gasteiger partial charge < -0.3 is 15.5 Å². The van der Waals surface area contributed by atoms with Crippen molar-refractivity contribution >= 4 is 17.6 Å². The van der Waals surface area contributed by atoms with Crippen molar-refractivity contribution < 1.29 is 9.59 Å². The third kappa shape index (κ3) is 4.96. The van der Waals surface area contributed by atoms with Crippen molar-refractivity contribution in [3.63, 3.8) is 0 Å². The molecule has 2 aromatic rings. The van der Waals surface area contributed by atoms with Crippen LogP contribution >= 0.6 is 0 Å². The van der Waals surface area contributed by atoms with E-state index in [1.807, 2.05) is 22.8 Å². The molecule has 7 nitrogen and oxygen atoms in total. The smallest absolute Gasteiger partial charge is 0.319 e. The number of aromatic nitrogens is 2. The van der Waals surface area contributed by atoms with Crippen LogP contribution in [0.2, 0.25) is 0 Å². The Labute approximate surface area is 172 Å². The van der Waals surface area contributed by atoms with E-state index >= 15 is 0 Å². The molecule has 0 spiro atoms. The number of nitrogens with zero attached hydrogens (tertiary/aromatic N) is 3. The number of nitrogens with one attached hydrogen (secondary N) is 2. The van der Waals surface area contributed by atoms with Gasteiger partial charge in [-0.05, 0) is 56.4 Å². The van der Waals surface area contributed by atoms with Crippen molar-refractivity contribution in [3.8, 4) is 0 Å². The second-order valence-electron chi connectivity index (χ2n) is 7.58.